The molecule has 1 aromatic heterocycles. The van der Waals surface area contributed by atoms with Gasteiger partial charge in [0, 0.05) is 10.9 Å². The van der Waals surface area contributed by atoms with E-state index in [4.69, 9.17) is 0 Å². The normalized spacial score (nSPS) is 15.4. The van der Waals surface area contributed by atoms with Crippen LogP contribution in [0, 0.1) is 5.82 Å². The van der Waals surface area contributed by atoms with Crippen molar-refractivity contribution in [1.29, 1.82) is 0 Å². The van der Waals surface area contributed by atoms with Crippen molar-refractivity contribution >= 4 is 33.2 Å². The summed E-state index contributed by atoms with van der Waals surface area (Å²) in [5.41, 5.74) is 0. The van der Waals surface area contributed by atoms with E-state index in [0.717, 1.165) is 54.8 Å². The summed E-state index contributed by atoms with van der Waals surface area (Å²) < 4.78 is 40.4. The Morgan fingerprint density at radius 2 is 1.88 bits per heavy atom. The molecular formula is C22H28FN3O4S2. The van der Waals surface area contributed by atoms with Crippen LogP contribution in [0.4, 0.5) is 4.39 Å². The molecule has 7 nitrogen and oxygen atoms in total. The van der Waals surface area contributed by atoms with E-state index < -0.39 is 34.3 Å². The van der Waals surface area contributed by atoms with Crippen molar-refractivity contribution in [3.63, 3.8) is 0 Å². The number of nitrogens with zero attached hydrogens (tertiary/aromatic N) is 1. The molecular weight excluding hydrogens is 453 g/mol. The summed E-state index contributed by atoms with van der Waals surface area (Å²) >= 11 is 1.46. The molecule has 0 bridgehead atoms. The van der Waals surface area contributed by atoms with Crippen molar-refractivity contribution in [1.82, 2.24) is 14.9 Å². The molecule has 10 heteroatoms. The van der Waals surface area contributed by atoms with Crippen molar-refractivity contribution in [3.05, 3.63) is 52.5 Å². The molecule has 3 rings (SSSR count). The summed E-state index contributed by atoms with van der Waals surface area (Å²) in [5, 5.41) is 4.93. The number of benzene rings is 1. The first kappa shape index (κ1) is 24.3. The van der Waals surface area contributed by atoms with Gasteiger partial charge in [-0.25, -0.2) is 17.5 Å². The fraction of sp³-hybridized carbons (Fsp3) is 0.455. The van der Waals surface area contributed by atoms with E-state index in [0.29, 0.717) is 6.42 Å². The van der Waals surface area contributed by atoms with Gasteiger partial charge < -0.3 is 10.2 Å². The molecule has 1 saturated carbocycles. The molecule has 1 fully saturated rings. The van der Waals surface area contributed by atoms with Gasteiger partial charge in [-0.2, -0.15) is 0 Å². The first-order valence-electron chi connectivity index (χ1n) is 10.7. The number of carbonyl (C=O) groups is 2. The van der Waals surface area contributed by atoms with Gasteiger partial charge in [0.05, 0.1) is 18.0 Å². The van der Waals surface area contributed by atoms with E-state index in [-0.39, 0.29) is 23.4 Å². The summed E-state index contributed by atoms with van der Waals surface area (Å²) in [6.07, 6.45) is 4.41. The molecule has 0 spiro atoms. The quantitative estimate of drug-likeness (QED) is 0.545. The number of amides is 2. The fourth-order valence-corrected chi connectivity index (χ4v) is 5.49. The number of rotatable bonds is 10. The summed E-state index contributed by atoms with van der Waals surface area (Å²) in [7, 11) is -4.00. The molecule has 174 valence electrons. The second-order valence-electron chi connectivity index (χ2n) is 7.79. The van der Waals surface area contributed by atoms with Gasteiger partial charge in [0.15, 0.2) is 0 Å². The highest BCUT2D eigenvalue weighted by atomic mass is 32.2. The van der Waals surface area contributed by atoms with Gasteiger partial charge in [0.2, 0.25) is 21.8 Å². The van der Waals surface area contributed by atoms with Gasteiger partial charge >= 0.3 is 0 Å². The highest BCUT2D eigenvalue weighted by Gasteiger charge is 2.31. The van der Waals surface area contributed by atoms with E-state index in [2.05, 4.69) is 10.0 Å². The van der Waals surface area contributed by atoms with Crippen molar-refractivity contribution in [2.45, 2.75) is 62.6 Å². The summed E-state index contributed by atoms with van der Waals surface area (Å²) in [5.74, 6) is -1.27. The largest absolute Gasteiger partial charge is 0.352 e. The third-order valence-corrected chi connectivity index (χ3v) is 7.81. The molecule has 1 aliphatic rings. The second kappa shape index (κ2) is 11.0. The lowest BCUT2D eigenvalue weighted by molar-refractivity contribution is -0.140. The Morgan fingerprint density at radius 1 is 1.19 bits per heavy atom. The maximum Gasteiger partial charge on any atom is 0.243 e. The lowest BCUT2D eigenvalue weighted by Gasteiger charge is -2.31. The SMILES string of the molecule is CCC(C(=O)NC1CCCC1)N(Cc1cccs1)C(=O)CNS(=O)(=O)c1ccc(F)cc1. The molecule has 0 radical (unpaired) electrons. The second-order valence-corrected chi connectivity index (χ2v) is 10.6. The lowest BCUT2D eigenvalue weighted by Crippen LogP contribution is -2.52. The number of hydrogen-bond acceptors (Lipinski definition) is 5. The van der Waals surface area contributed by atoms with Crippen LogP contribution in [0.5, 0.6) is 0 Å². The predicted octanol–water partition coefficient (Wildman–Crippen LogP) is 3.03. The third-order valence-electron chi connectivity index (χ3n) is 5.53. The Bertz CT molecular complexity index is 1000. The van der Waals surface area contributed by atoms with Gasteiger partial charge in [-0.3, -0.25) is 9.59 Å². The molecule has 1 aromatic carbocycles. The van der Waals surface area contributed by atoms with E-state index in [9.17, 15) is 22.4 Å². The molecule has 1 heterocycles. The molecule has 2 N–H and O–H groups in total. The molecule has 1 unspecified atom stereocenters. The van der Waals surface area contributed by atoms with Crippen LogP contribution in [0.2, 0.25) is 0 Å². The van der Waals surface area contributed by atoms with Gasteiger partial charge in [0.1, 0.15) is 11.9 Å². The molecule has 2 aromatic rings. The Kier molecular flexibility index (Phi) is 8.38. The molecule has 32 heavy (non-hydrogen) atoms. The highest BCUT2D eigenvalue weighted by Crippen LogP contribution is 2.20. The van der Waals surface area contributed by atoms with Crippen molar-refractivity contribution in [3.8, 4) is 0 Å². The number of carbonyl (C=O) groups excluding carboxylic acids is 2. The number of halogens is 1. The minimum atomic E-state index is -4.00. The molecule has 0 saturated heterocycles. The first-order chi connectivity index (χ1) is 15.3. The van der Waals surface area contributed by atoms with Crippen LogP contribution < -0.4 is 10.0 Å². The van der Waals surface area contributed by atoms with Crippen LogP contribution in [0.15, 0.2) is 46.7 Å². The molecule has 1 aliphatic carbocycles. The minimum absolute atomic E-state index is 0.118. The zero-order valence-corrected chi connectivity index (χ0v) is 19.6. The van der Waals surface area contributed by atoms with E-state index in [1.807, 2.05) is 24.4 Å². The van der Waals surface area contributed by atoms with Crippen LogP contribution >= 0.6 is 11.3 Å². The van der Waals surface area contributed by atoms with Crippen LogP contribution in [-0.2, 0) is 26.2 Å². The number of nitrogens with one attached hydrogen (secondary N) is 2. The maximum atomic E-state index is 13.1. The van der Waals surface area contributed by atoms with E-state index in [1.54, 1.807) is 0 Å². The zero-order chi connectivity index (χ0) is 23.1. The number of hydrogen-bond donors (Lipinski definition) is 2. The Morgan fingerprint density at radius 3 is 2.47 bits per heavy atom. The smallest absolute Gasteiger partial charge is 0.243 e. The molecule has 0 aliphatic heterocycles. The molecule has 2 amide bonds. The fourth-order valence-electron chi connectivity index (χ4n) is 3.81. The van der Waals surface area contributed by atoms with Gasteiger partial charge in [-0.15, -0.1) is 11.3 Å². The first-order valence-corrected chi connectivity index (χ1v) is 13.0. The lowest BCUT2D eigenvalue weighted by atomic mass is 10.1. The average Bonchev–Trinajstić information content (AvgIpc) is 3.46. The third kappa shape index (κ3) is 6.36. The monoisotopic (exact) mass is 481 g/mol. The Balaban J connectivity index is 1.73. The van der Waals surface area contributed by atoms with Crippen molar-refractivity contribution < 1.29 is 22.4 Å². The predicted molar refractivity (Wildman–Crippen MR) is 121 cm³/mol. The van der Waals surface area contributed by atoms with Gasteiger partial charge in [-0.05, 0) is 55.0 Å². The van der Waals surface area contributed by atoms with Crippen LogP contribution in [-0.4, -0.2) is 43.8 Å². The van der Waals surface area contributed by atoms with Gasteiger partial charge in [-0.1, -0.05) is 25.8 Å². The van der Waals surface area contributed by atoms with Crippen molar-refractivity contribution in [2.24, 2.45) is 0 Å². The summed E-state index contributed by atoms with van der Waals surface area (Å²) in [6, 6.07) is 7.49. The standard InChI is InChI=1S/C22H28FN3O4S2/c1-2-20(22(28)25-17-6-3-4-7-17)26(15-18-8-5-13-31-18)21(27)14-24-32(29,30)19-11-9-16(23)10-12-19/h5,8-13,17,20,24H,2-4,6-7,14-15H2,1H3,(H,25,28). The number of thiophene rings is 1. The molecule has 1 atom stereocenters. The maximum absolute atomic E-state index is 13.1. The van der Waals surface area contributed by atoms with E-state index >= 15 is 0 Å². The number of sulfonamides is 1. The topological polar surface area (TPSA) is 95.6 Å². The van der Waals surface area contributed by atoms with Crippen LogP contribution in [0.1, 0.15) is 43.9 Å². The van der Waals surface area contributed by atoms with Crippen LogP contribution in [0.25, 0.3) is 0 Å². The van der Waals surface area contributed by atoms with Gasteiger partial charge in [0.25, 0.3) is 0 Å². The highest BCUT2D eigenvalue weighted by molar-refractivity contribution is 7.89. The zero-order valence-electron chi connectivity index (χ0n) is 17.9. The minimum Gasteiger partial charge on any atom is -0.352 e. The summed E-state index contributed by atoms with van der Waals surface area (Å²) in [6.45, 7) is 1.54. The van der Waals surface area contributed by atoms with Crippen LogP contribution in [0.3, 0.4) is 0 Å². The average molecular weight is 482 g/mol. The van der Waals surface area contributed by atoms with E-state index in [1.165, 1.54) is 16.2 Å². The Hall–Kier alpha value is -2.30. The Labute approximate surface area is 192 Å². The summed E-state index contributed by atoms with van der Waals surface area (Å²) in [4.78, 5) is 28.3. The van der Waals surface area contributed by atoms with Crippen molar-refractivity contribution in [2.75, 3.05) is 6.54 Å².